The highest BCUT2D eigenvalue weighted by Gasteiger charge is 2.64. The van der Waals surface area contributed by atoms with Crippen molar-refractivity contribution in [1.82, 2.24) is 9.80 Å². The minimum atomic E-state index is -0.318. The molecule has 2 aliphatic heterocycles. The van der Waals surface area contributed by atoms with Gasteiger partial charge in [-0.3, -0.25) is 9.59 Å². The molecule has 0 aromatic carbocycles. The lowest BCUT2D eigenvalue weighted by Gasteiger charge is -2.37. The first-order valence-corrected chi connectivity index (χ1v) is 8.51. The van der Waals surface area contributed by atoms with Crippen molar-refractivity contribution in [2.45, 2.75) is 25.9 Å². The van der Waals surface area contributed by atoms with Gasteiger partial charge in [-0.25, -0.2) is 4.79 Å². The fraction of sp³-hybridized carbons (Fsp3) is 0.812. The molecule has 23 heavy (non-hydrogen) atoms. The third-order valence-electron chi connectivity index (χ3n) is 5.89. The Morgan fingerprint density at radius 1 is 1.17 bits per heavy atom. The average molecular weight is 322 g/mol. The van der Waals surface area contributed by atoms with Gasteiger partial charge in [0.1, 0.15) is 6.10 Å². The van der Waals surface area contributed by atoms with Gasteiger partial charge in [-0.15, -0.1) is 0 Å². The van der Waals surface area contributed by atoms with Gasteiger partial charge in [0.15, 0.2) is 0 Å². The number of rotatable bonds is 2. The van der Waals surface area contributed by atoms with Crippen LogP contribution in [0.5, 0.6) is 0 Å². The van der Waals surface area contributed by atoms with E-state index in [1.54, 1.807) is 11.8 Å². The number of fused-ring (bicyclic) bond motifs is 1. The molecule has 2 heterocycles. The molecule has 2 saturated heterocycles. The maximum absolute atomic E-state index is 12.9. The fourth-order valence-electron chi connectivity index (χ4n) is 4.88. The van der Waals surface area contributed by atoms with E-state index in [2.05, 4.69) is 0 Å². The van der Waals surface area contributed by atoms with Crippen LogP contribution in [-0.2, 0) is 19.1 Å². The van der Waals surface area contributed by atoms with Gasteiger partial charge in [0.2, 0.25) is 5.91 Å². The van der Waals surface area contributed by atoms with Crippen LogP contribution in [0.4, 0.5) is 4.79 Å². The quantitative estimate of drug-likeness (QED) is 0.691. The summed E-state index contributed by atoms with van der Waals surface area (Å²) in [4.78, 5) is 40.1. The molecule has 0 radical (unpaired) electrons. The Labute approximate surface area is 134 Å². The monoisotopic (exact) mass is 322 g/mol. The second kappa shape index (κ2) is 5.39. The number of amides is 2. The molecule has 2 amide bonds. The van der Waals surface area contributed by atoms with Gasteiger partial charge in [0.25, 0.3) is 0 Å². The average Bonchev–Trinajstić information content (AvgIpc) is 3.16. The smallest absolute Gasteiger partial charge is 0.409 e. The van der Waals surface area contributed by atoms with Crippen molar-refractivity contribution in [3.8, 4) is 0 Å². The Balaban J connectivity index is 1.39. The Kier molecular flexibility index (Phi) is 3.46. The summed E-state index contributed by atoms with van der Waals surface area (Å²) in [5.41, 5.74) is 0. The molecular weight excluding hydrogens is 300 g/mol. The standard InChI is InChI=1S/C16H22N2O5/c1-2-22-16(21)18-5-3-17(4-6-18)14(19)12-9-7-10-11(8-9)23-15(20)13(10)12/h9-13H,2-8H2,1H3/t9-,10+,11-,12+,13-/m1/s1. The van der Waals surface area contributed by atoms with Crippen LogP contribution in [0, 0.1) is 23.7 Å². The fourth-order valence-corrected chi connectivity index (χ4v) is 4.88. The Hall–Kier alpha value is -1.79. The molecule has 4 fully saturated rings. The molecule has 2 bridgehead atoms. The minimum Gasteiger partial charge on any atom is -0.462 e. The summed E-state index contributed by atoms with van der Waals surface area (Å²) in [5.74, 6) is 0.000792. The van der Waals surface area contributed by atoms with Crippen LogP contribution in [0.1, 0.15) is 19.8 Å². The van der Waals surface area contributed by atoms with Gasteiger partial charge in [0, 0.05) is 32.1 Å². The van der Waals surface area contributed by atoms with Crippen LogP contribution in [0.15, 0.2) is 0 Å². The third kappa shape index (κ3) is 2.20. The molecule has 0 aromatic heterocycles. The van der Waals surface area contributed by atoms with E-state index in [0.29, 0.717) is 32.8 Å². The summed E-state index contributed by atoms with van der Waals surface area (Å²) in [6.07, 6.45) is 1.52. The number of hydrogen-bond donors (Lipinski definition) is 0. The molecule has 0 unspecified atom stereocenters. The summed E-state index contributed by atoms with van der Waals surface area (Å²) < 4.78 is 10.4. The Morgan fingerprint density at radius 2 is 1.87 bits per heavy atom. The molecule has 0 spiro atoms. The first-order chi connectivity index (χ1) is 11.1. The van der Waals surface area contributed by atoms with Crippen molar-refractivity contribution >= 4 is 18.0 Å². The summed E-state index contributed by atoms with van der Waals surface area (Å²) in [6.45, 7) is 4.13. The van der Waals surface area contributed by atoms with E-state index in [-0.39, 0.29) is 47.7 Å². The van der Waals surface area contributed by atoms with Crippen LogP contribution in [0.25, 0.3) is 0 Å². The largest absolute Gasteiger partial charge is 0.462 e. The van der Waals surface area contributed by atoms with E-state index in [0.717, 1.165) is 12.8 Å². The summed E-state index contributed by atoms with van der Waals surface area (Å²) >= 11 is 0. The number of esters is 1. The van der Waals surface area contributed by atoms with Gasteiger partial charge in [0.05, 0.1) is 18.4 Å². The van der Waals surface area contributed by atoms with Crippen LogP contribution in [0.3, 0.4) is 0 Å². The molecule has 7 heteroatoms. The van der Waals surface area contributed by atoms with Gasteiger partial charge in [-0.1, -0.05) is 0 Å². The molecule has 126 valence electrons. The number of carbonyl (C=O) groups is 3. The predicted octanol–water partition coefficient (Wildman–Crippen LogP) is 0.485. The molecular formula is C16H22N2O5. The number of hydrogen-bond acceptors (Lipinski definition) is 5. The first kappa shape index (κ1) is 14.8. The van der Waals surface area contributed by atoms with Crippen molar-refractivity contribution in [2.75, 3.05) is 32.8 Å². The Morgan fingerprint density at radius 3 is 2.57 bits per heavy atom. The van der Waals surface area contributed by atoms with Crippen LogP contribution in [-0.4, -0.2) is 66.7 Å². The maximum atomic E-state index is 12.9. The highest BCUT2D eigenvalue weighted by molar-refractivity contribution is 5.88. The highest BCUT2D eigenvalue weighted by atomic mass is 16.6. The van der Waals surface area contributed by atoms with Crippen molar-refractivity contribution in [2.24, 2.45) is 23.7 Å². The minimum absolute atomic E-state index is 0.0576. The molecule has 4 aliphatic rings. The summed E-state index contributed by atoms with van der Waals surface area (Å²) in [6, 6.07) is 0. The molecule has 2 aliphatic carbocycles. The van der Waals surface area contributed by atoms with E-state index in [1.165, 1.54) is 0 Å². The number of carbonyl (C=O) groups excluding carboxylic acids is 3. The Bertz CT molecular complexity index is 541. The SMILES string of the molecule is CCOC(=O)N1CCN(C(=O)[C@H]2[C@@H]3C[C@@H]4[C@H]2C(=O)O[C@@H]4C3)CC1. The van der Waals surface area contributed by atoms with Crippen LogP contribution >= 0.6 is 0 Å². The van der Waals surface area contributed by atoms with E-state index in [4.69, 9.17) is 9.47 Å². The van der Waals surface area contributed by atoms with E-state index in [9.17, 15) is 14.4 Å². The molecule has 5 atom stereocenters. The number of nitrogens with zero attached hydrogens (tertiary/aromatic N) is 2. The maximum Gasteiger partial charge on any atom is 0.409 e. The van der Waals surface area contributed by atoms with Gasteiger partial charge in [-0.2, -0.15) is 0 Å². The lowest BCUT2D eigenvalue weighted by Crippen LogP contribution is -2.53. The zero-order chi connectivity index (χ0) is 16.1. The second-order valence-electron chi connectivity index (χ2n) is 6.93. The third-order valence-corrected chi connectivity index (χ3v) is 5.89. The first-order valence-electron chi connectivity index (χ1n) is 8.51. The van der Waals surface area contributed by atoms with Gasteiger partial charge in [-0.05, 0) is 25.7 Å². The van der Waals surface area contributed by atoms with E-state index < -0.39 is 0 Å². The molecule has 4 rings (SSSR count). The number of ether oxygens (including phenoxy) is 2. The summed E-state index contributed by atoms with van der Waals surface area (Å²) in [7, 11) is 0. The molecule has 7 nitrogen and oxygen atoms in total. The van der Waals surface area contributed by atoms with Crippen LogP contribution < -0.4 is 0 Å². The van der Waals surface area contributed by atoms with Crippen molar-refractivity contribution in [3.05, 3.63) is 0 Å². The van der Waals surface area contributed by atoms with E-state index >= 15 is 0 Å². The van der Waals surface area contributed by atoms with Crippen molar-refractivity contribution in [3.63, 3.8) is 0 Å². The highest BCUT2D eigenvalue weighted by Crippen LogP contribution is 2.58. The lowest BCUT2D eigenvalue weighted by molar-refractivity contribution is -0.148. The zero-order valence-corrected chi connectivity index (χ0v) is 13.3. The molecule has 0 aromatic rings. The van der Waals surface area contributed by atoms with Crippen LogP contribution in [0.2, 0.25) is 0 Å². The molecule has 0 N–H and O–H groups in total. The van der Waals surface area contributed by atoms with E-state index in [1.807, 2.05) is 4.90 Å². The van der Waals surface area contributed by atoms with Crippen molar-refractivity contribution < 1.29 is 23.9 Å². The molecule has 2 saturated carbocycles. The summed E-state index contributed by atoms with van der Waals surface area (Å²) in [5, 5.41) is 0. The normalized spacial score (nSPS) is 38.0. The topological polar surface area (TPSA) is 76.2 Å². The van der Waals surface area contributed by atoms with Gasteiger partial charge >= 0.3 is 12.1 Å². The number of piperazine rings is 1. The second-order valence-corrected chi connectivity index (χ2v) is 6.93. The predicted molar refractivity (Wildman–Crippen MR) is 78.2 cm³/mol. The lowest BCUT2D eigenvalue weighted by atomic mass is 9.79. The zero-order valence-electron chi connectivity index (χ0n) is 13.3. The van der Waals surface area contributed by atoms with Crippen molar-refractivity contribution in [1.29, 1.82) is 0 Å². The van der Waals surface area contributed by atoms with Gasteiger partial charge < -0.3 is 19.3 Å².